The van der Waals surface area contributed by atoms with Crippen molar-refractivity contribution in [1.82, 2.24) is 4.72 Å². The van der Waals surface area contributed by atoms with E-state index in [1.807, 2.05) is 30.3 Å². The number of hydrogen-bond donors (Lipinski definition) is 2. The Bertz CT molecular complexity index is 1020. The second kappa shape index (κ2) is 6.67. The summed E-state index contributed by atoms with van der Waals surface area (Å²) in [4.78, 5) is 0. The Hall–Kier alpha value is -2.25. The highest BCUT2D eigenvalue weighted by atomic mass is 32.2. The Balaban J connectivity index is 1.76. The fourth-order valence-electron chi connectivity index (χ4n) is 4.38. The molecular weight excluding hydrogens is 376 g/mol. The number of nitrogens with one attached hydrogen (secondary N) is 2. The maximum absolute atomic E-state index is 12.0. The molecule has 0 saturated carbocycles. The van der Waals surface area contributed by atoms with Crippen LogP contribution in [-0.2, 0) is 21.2 Å². The maximum atomic E-state index is 12.0. The van der Waals surface area contributed by atoms with Gasteiger partial charge in [-0.15, -0.1) is 0 Å². The van der Waals surface area contributed by atoms with E-state index in [9.17, 15) is 8.42 Å². The molecule has 150 valence electrons. The van der Waals surface area contributed by atoms with E-state index in [0.717, 1.165) is 33.9 Å². The highest BCUT2D eigenvalue weighted by Gasteiger charge is 2.46. The van der Waals surface area contributed by atoms with Gasteiger partial charge in [0.2, 0.25) is 10.0 Å². The number of benzene rings is 2. The van der Waals surface area contributed by atoms with Crippen molar-refractivity contribution in [3.8, 4) is 11.5 Å². The molecule has 28 heavy (non-hydrogen) atoms. The molecule has 0 aliphatic carbocycles. The van der Waals surface area contributed by atoms with Gasteiger partial charge in [0.25, 0.3) is 0 Å². The monoisotopic (exact) mass is 402 g/mol. The molecule has 2 aliphatic rings. The minimum Gasteiger partial charge on any atom is -0.493 e. The van der Waals surface area contributed by atoms with E-state index < -0.39 is 10.0 Å². The van der Waals surface area contributed by atoms with Gasteiger partial charge in [-0.2, -0.15) is 0 Å². The van der Waals surface area contributed by atoms with Crippen molar-refractivity contribution in [2.45, 2.75) is 31.1 Å². The van der Waals surface area contributed by atoms with Crippen LogP contribution in [-0.4, -0.2) is 29.2 Å². The molecule has 2 aromatic carbocycles. The van der Waals surface area contributed by atoms with Crippen LogP contribution in [0.5, 0.6) is 11.5 Å². The van der Waals surface area contributed by atoms with E-state index in [-0.39, 0.29) is 23.1 Å². The average molecular weight is 403 g/mol. The minimum absolute atomic E-state index is 0.0303. The number of methoxy groups -OCH3 is 1. The first-order valence-corrected chi connectivity index (χ1v) is 11.0. The molecule has 2 unspecified atom stereocenters. The standard InChI is InChI=1S/C21H26N2O4S/c1-21(2)15-10-13(12-28(24,25)22-3)8-9-17(15)23-19-14-6-5-7-18(26-4)20(14)27-11-16(19)21/h5-10,16,19,22-23H,11-12H2,1-4H3. The Morgan fingerprint density at radius 3 is 2.79 bits per heavy atom. The van der Waals surface area contributed by atoms with Gasteiger partial charge in [0.1, 0.15) is 0 Å². The summed E-state index contributed by atoms with van der Waals surface area (Å²) in [5.41, 5.74) is 3.84. The summed E-state index contributed by atoms with van der Waals surface area (Å²) in [5, 5.41) is 3.67. The van der Waals surface area contributed by atoms with Crippen LogP contribution >= 0.6 is 0 Å². The lowest BCUT2D eigenvalue weighted by Crippen LogP contribution is -2.46. The molecule has 2 atom stereocenters. The predicted molar refractivity (Wildman–Crippen MR) is 109 cm³/mol. The largest absolute Gasteiger partial charge is 0.493 e. The third-order valence-corrected chi connectivity index (χ3v) is 7.39. The van der Waals surface area contributed by atoms with E-state index in [2.05, 4.69) is 30.0 Å². The van der Waals surface area contributed by atoms with Crippen molar-refractivity contribution < 1.29 is 17.9 Å². The SMILES string of the molecule is CNS(=O)(=O)Cc1ccc2c(c1)C(C)(C)C1COc3c(OC)cccc3C1N2. The van der Waals surface area contributed by atoms with Gasteiger partial charge in [-0.3, -0.25) is 0 Å². The van der Waals surface area contributed by atoms with Gasteiger partial charge in [-0.1, -0.05) is 38.1 Å². The number of hydrogen-bond acceptors (Lipinski definition) is 5. The van der Waals surface area contributed by atoms with Crippen molar-refractivity contribution in [3.05, 3.63) is 53.1 Å². The topological polar surface area (TPSA) is 76.7 Å². The molecule has 0 fully saturated rings. The minimum atomic E-state index is -3.32. The number of ether oxygens (including phenoxy) is 2. The molecule has 0 spiro atoms. The summed E-state index contributed by atoms with van der Waals surface area (Å²) < 4.78 is 37.9. The maximum Gasteiger partial charge on any atom is 0.215 e. The lowest BCUT2D eigenvalue weighted by atomic mass is 9.65. The number of para-hydroxylation sites is 1. The van der Waals surface area contributed by atoms with Crippen LogP contribution in [0, 0.1) is 5.92 Å². The predicted octanol–water partition coefficient (Wildman–Crippen LogP) is 3.20. The van der Waals surface area contributed by atoms with Crippen LogP contribution in [0.15, 0.2) is 36.4 Å². The normalized spacial score (nSPS) is 22.1. The smallest absolute Gasteiger partial charge is 0.215 e. The summed E-state index contributed by atoms with van der Waals surface area (Å²) in [6.45, 7) is 4.97. The fourth-order valence-corrected chi connectivity index (χ4v) is 5.14. The quantitative estimate of drug-likeness (QED) is 0.821. The van der Waals surface area contributed by atoms with E-state index in [4.69, 9.17) is 9.47 Å². The first-order valence-electron chi connectivity index (χ1n) is 9.37. The van der Waals surface area contributed by atoms with Crippen LogP contribution in [0.2, 0.25) is 0 Å². The van der Waals surface area contributed by atoms with E-state index >= 15 is 0 Å². The summed E-state index contributed by atoms with van der Waals surface area (Å²) in [5.74, 6) is 1.72. The number of fused-ring (bicyclic) bond motifs is 4. The molecule has 2 aromatic rings. The van der Waals surface area contributed by atoms with E-state index in [1.165, 1.54) is 7.05 Å². The van der Waals surface area contributed by atoms with Gasteiger partial charge in [-0.25, -0.2) is 13.1 Å². The van der Waals surface area contributed by atoms with Crippen LogP contribution in [0.4, 0.5) is 5.69 Å². The zero-order valence-corrected chi connectivity index (χ0v) is 17.4. The van der Waals surface area contributed by atoms with Gasteiger partial charge in [0.05, 0.1) is 25.5 Å². The summed E-state index contributed by atoms with van der Waals surface area (Å²) >= 11 is 0. The Morgan fingerprint density at radius 2 is 2.07 bits per heavy atom. The van der Waals surface area contributed by atoms with Crippen molar-refractivity contribution >= 4 is 15.7 Å². The lowest BCUT2D eigenvalue weighted by Gasteiger charge is -2.48. The van der Waals surface area contributed by atoms with Crippen molar-refractivity contribution in [1.29, 1.82) is 0 Å². The summed E-state index contributed by atoms with van der Waals surface area (Å²) in [6, 6.07) is 12.0. The Labute approximate surface area is 166 Å². The third-order valence-electron chi connectivity index (χ3n) is 6.06. The van der Waals surface area contributed by atoms with Gasteiger partial charge < -0.3 is 14.8 Å². The van der Waals surface area contributed by atoms with Crippen LogP contribution in [0.1, 0.15) is 36.6 Å². The Morgan fingerprint density at radius 1 is 1.29 bits per heavy atom. The molecule has 4 rings (SSSR count). The number of rotatable bonds is 4. The zero-order chi connectivity index (χ0) is 20.1. The molecule has 0 amide bonds. The van der Waals surface area contributed by atoms with Gasteiger partial charge in [0, 0.05) is 22.6 Å². The summed E-state index contributed by atoms with van der Waals surface area (Å²) in [6.07, 6.45) is 0. The first-order chi connectivity index (χ1) is 13.3. The second-order valence-electron chi connectivity index (χ2n) is 7.98. The number of sulfonamides is 1. The van der Waals surface area contributed by atoms with Crippen molar-refractivity contribution in [2.24, 2.45) is 5.92 Å². The highest BCUT2D eigenvalue weighted by Crippen LogP contribution is 2.53. The molecule has 2 heterocycles. The fraction of sp³-hybridized carbons (Fsp3) is 0.429. The Kier molecular flexibility index (Phi) is 4.55. The molecule has 0 aromatic heterocycles. The van der Waals surface area contributed by atoms with Crippen LogP contribution in [0.3, 0.4) is 0 Å². The summed E-state index contributed by atoms with van der Waals surface area (Å²) in [7, 11) is -0.225. The van der Waals surface area contributed by atoms with Gasteiger partial charge in [0.15, 0.2) is 11.5 Å². The van der Waals surface area contributed by atoms with Gasteiger partial charge >= 0.3 is 0 Å². The molecule has 2 aliphatic heterocycles. The zero-order valence-electron chi connectivity index (χ0n) is 16.6. The molecule has 0 radical (unpaired) electrons. The molecule has 0 saturated heterocycles. The lowest BCUT2D eigenvalue weighted by molar-refractivity contribution is 0.131. The first kappa shape index (κ1) is 19.1. The van der Waals surface area contributed by atoms with E-state index in [0.29, 0.717) is 6.61 Å². The van der Waals surface area contributed by atoms with Crippen molar-refractivity contribution in [3.63, 3.8) is 0 Å². The van der Waals surface area contributed by atoms with Crippen molar-refractivity contribution in [2.75, 3.05) is 26.1 Å². The second-order valence-corrected chi connectivity index (χ2v) is 9.91. The molecule has 7 heteroatoms. The molecule has 6 nitrogen and oxygen atoms in total. The molecule has 0 bridgehead atoms. The average Bonchev–Trinajstić information content (AvgIpc) is 2.67. The number of anilines is 1. The highest BCUT2D eigenvalue weighted by molar-refractivity contribution is 7.88. The van der Waals surface area contributed by atoms with Crippen LogP contribution < -0.4 is 19.5 Å². The van der Waals surface area contributed by atoms with Gasteiger partial charge in [-0.05, 0) is 30.3 Å². The molecular formula is C21H26N2O4S. The van der Waals surface area contributed by atoms with E-state index in [1.54, 1.807) is 7.11 Å². The third kappa shape index (κ3) is 3.02. The van der Waals surface area contributed by atoms with Crippen LogP contribution in [0.25, 0.3) is 0 Å². The molecule has 2 N–H and O–H groups in total.